The fourth-order valence-corrected chi connectivity index (χ4v) is 4.71. The zero-order valence-corrected chi connectivity index (χ0v) is 13.4. The largest absolute Gasteiger partial charge is 0.494 e. The van der Waals surface area contributed by atoms with Crippen LogP contribution in [0.4, 0.5) is 0 Å². The van der Waals surface area contributed by atoms with E-state index in [1.807, 2.05) is 11.8 Å². The first-order valence-corrected chi connectivity index (χ1v) is 8.05. The van der Waals surface area contributed by atoms with Gasteiger partial charge in [-0.25, -0.2) is 0 Å². The number of hydrogen-bond donors (Lipinski definition) is 1. The van der Waals surface area contributed by atoms with Crippen molar-refractivity contribution in [1.82, 2.24) is 10.2 Å². The summed E-state index contributed by atoms with van der Waals surface area (Å²) < 4.78 is 6.28. The molecular weight excluding hydrogens is 328 g/mol. The fraction of sp³-hybridized carbons (Fsp3) is 0.615. The summed E-state index contributed by atoms with van der Waals surface area (Å²) in [5, 5.41) is 3.39. The summed E-state index contributed by atoms with van der Waals surface area (Å²) in [5.74, 6) is 2.05. The van der Waals surface area contributed by atoms with E-state index >= 15 is 0 Å². The molecule has 0 spiro atoms. The van der Waals surface area contributed by atoms with Gasteiger partial charge >= 0.3 is 0 Å². The number of hydrogen-bond acceptors (Lipinski definition) is 4. The van der Waals surface area contributed by atoms with Crippen molar-refractivity contribution in [3.8, 4) is 5.75 Å². The average Bonchev–Trinajstić information content (AvgIpc) is 3.03. The topological polar surface area (TPSA) is 41.6 Å². The number of aryl methyl sites for hydroxylation is 1. The molecule has 19 heavy (non-hydrogen) atoms. The van der Waals surface area contributed by atoms with Crippen LogP contribution in [0.5, 0.6) is 5.75 Å². The Hall–Kier alpha value is -0.590. The molecule has 2 aliphatic rings. The predicted octanol–water partition coefficient (Wildman–Crippen LogP) is 2.12. The van der Waals surface area contributed by atoms with Gasteiger partial charge in [0.15, 0.2) is 5.75 Å². The molecular formula is C13H17BrN2O2S. The molecule has 2 aliphatic heterocycles. The molecule has 0 aromatic carbocycles. The molecule has 104 valence electrons. The Morgan fingerprint density at radius 3 is 2.63 bits per heavy atom. The quantitative estimate of drug-likeness (QED) is 0.893. The predicted molar refractivity (Wildman–Crippen MR) is 79.1 cm³/mol. The molecule has 6 heteroatoms. The Kier molecular flexibility index (Phi) is 3.57. The smallest absolute Gasteiger partial charge is 0.267 e. The number of nitrogens with one attached hydrogen (secondary N) is 1. The number of carbonyl (C=O) groups is 1. The summed E-state index contributed by atoms with van der Waals surface area (Å²) >= 11 is 5.00. The molecule has 3 rings (SSSR count). The summed E-state index contributed by atoms with van der Waals surface area (Å²) in [5.41, 5.74) is 0. The van der Waals surface area contributed by atoms with Gasteiger partial charge in [0.1, 0.15) is 4.88 Å². The maximum atomic E-state index is 12.6. The highest BCUT2D eigenvalue weighted by Gasteiger charge is 2.39. The van der Waals surface area contributed by atoms with Gasteiger partial charge in [0.05, 0.1) is 11.6 Å². The Labute approximate surface area is 125 Å². The molecule has 2 fully saturated rings. The number of halogens is 1. The highest BCUT2D eigenvalue weighted by Crippen LogP contribution is 2.40. The SMILES string of the molecule is COc1c(C(=O)N2C[C@H]3CNC[C@H]3C2)sc(C)c1Br. The third-order valence-corrected chi connectivity index (χ3v) is 6.34. The number of rotatable bonds is 2. The van der Waals surface area contributed by atoms with Crippen molar-refractivity contribution in [2.45, 2.75) is 6.92 Å². The second kappa shape index (κ2) is 5.07. The Balaban J connectivity index is 1.83. The van der Waals surface area contributed by atoms with Crippen LogP contribution in [0, 0.1) is 18.8 Å². The Morgan fingerprint density at radius 2 is 2.05 bits per heavy atom. The summed E-state index contributed by atoms with van der Waals surface area (Å²) in [6.07, 6.45) is 0. The number of likely N-dealkylation sites (tertiary alicyclic amines) is 1. The van der Waals surface area contributed by atoms with Gasteiger partial charge in [-0.2, -0.15) is 0 Å². The van der Waals surface area contributed by atoms with E-state index < -0.39 is 0 Å². The number of carbonyl (C=O) groups excluding carboxylic acids is 1. The second-order valence-corrected chi connectivity index (χ2v) is 7.24. The number of thiophene rings is 1. The number of amides is 1. The van der Waals surface area contributed by atoms with Crippen molar-refractivity contribution in [1.29, 1.82) is 0 Å². The van der Waals surface area contributed by atoms with Crippen molar-refractivity contribution in [2.24, 2.45) is 11.8 Å². The molecule has 1 aromatic heterocycles. The van der Waals surface area contributed by atoms with Gasteiger partial charge in [-0.15, -0.1) is 11.3 Å². The molecule has 1 N–H and O–H groups in total. The Morgan fingerprint density at radius 1 is 1.42 bits per heavy atom. The van der Waals surface area contributed by atoms with Crippen molar-refractivity contribution in [3.63, 3.8) is 0 Å². The van der Waals surface area contributed by atoms with E-state index in [-0.39, 0.29) is 5.91 Å². The van der Waals surface area contributed by atoms with Crippen LogP contribution in [0.2, 0.25) is 0 Å². The first-order valence-electron chi connectivity index (χ1n) is 6.44. The van der Waals surface area contributed by atoms with Crippen LogP contribution in [0.1, 0.15) is 14.5 Å². The molecule has 0 radical (unpaired) electrons. The summed E-state index contributed by atoms with van der Waals surface area (Å²) in [7, 11) is 1.62. The van der Waals surface area contributed by atoms with Gasteiger partial charge in [0.2, 0.25) is 0 Å². The molecule has 0 saturated carbocycles. The van der Waals surface area contributed by atoms with Gasteiger partial charge in [0, 0.05) is 31.1 Å². The third-order valence-electron chi connectivity index (χ3n) is 4.04. The van der Waals surface area contributed by atoms with Gasteiger partial charge in [-0.05, 0) is 34.7 Å². The Bertz CT molecular complexity index is 505. The molecule has 2 atom stereocenters. The van der Waals surface area contributed by atoms with Gasteiger partial charge in [-0.3, -0.25) is 4.79 Å². The van der Waals surface area contributed by atoms with Crippen LogP contribution in [0.15, 0.2) is 4.47 Å². The molecule has 1 amide bonds. The minimum Gasteiger partial charge on any atom is -0.494 e. The summed E-state index contributed by atoms with van der Waals surface area (Å²) in [4.78, 5) is 16.4. The minimum atomic E-state index is 0.116. The first-order chi connectivity index (χ1) is 9.11. The standard InChI is InChI=1S/C13H17BrN2O2S/c1-7-10(14)11(18-2)12(19-7)13(17)16-5-8-3-15-4-9(8)6-16/h8-9,15H,3-6H2,1-2H3/t8-,9+. The zero-order chi connectivity index (χ0) is 13.6. The lowest BCUT2D eigenvalue weighted by molar-refractivity contribution is 0.0783. The van der Waals surface area contributed by atoms with E-state index in [2.05, 4.69) is 21.2 Å². The van der Waals surface area contributed by atoms with Crippen LogP contribution in [-0.4, -0.2) is 44.1 Å². The van der Waals surface area contributed by atoms with E-state index in [1.54, 1.807) is 7.11 Å². The fourth-order valence-electron chi connectivity index (χ4n) is 2.99. The second-order valence-electron chi connectivity index (χ2n) is 5.22. The number of ether oxygens (including phenoxy) is 1. The minimum absolute atomic E-state index is 0.116. The lowest BCUT2D eigenvalue weighted by atomic mass is 10.0. The summed E-state index contributed by atoms with van der Waals surface area (Å²) in [6, 6.07) is 0. The normalized spacial score (nSPS) is 25.7. The van der Waals surface area contributed by atoms with E-state index in [4.69, 9.17) is 4.74 Å². The molecule has 4 nitrogen and oxygen atoms in total. The van der Waals surface area contributed by atoms with E-state index in [0.717, 1.165) is 40.4 Å². The highest BCUT2D eigenvalue weighted by molar-refractivity contribution is 9.10. The van der Waals surface area contributed by atoms with Crippen molar-refractivity contribution < 1.29 is 9.53 Å². The first kappa shape index (κ1) is 13.4. The van der Waals surface area contributed by atoms with E-state index in [9.17, 15) is 4.79 Å². The van der Waals surface area contributed by atoms with E-state index in [1.165, 1.54) is 11.3 Å². The summed E-state index contributed by atoms with van der Waals surface area (Å²) in [6.45, 7) is 5.82. The van der Waals surface area contributed by atoms with Crippen LogP contribution in [-0.2, 0) is 0 Å². The molecule has 0 aliphatic carbocycles. The maximum absolute atomic E-state index is 12.6. The monoisotopic (exact) mass is 344 g/mol. The third kappa shape index (κ3) is 2.19. The molecule has 1 aromatic rings. The number of nitrogens with zero attached hydrogens (tertiary/aromatic N) is 1. The van der Waals surface area contributed by atoms with Gasteiger partial charge in [-0.1, -0.05) is 0 Å². The maximum Gasteiger partial charge on any atom is 0.267 e. The van der Waals surface area contributed by atoms with Crippen molar-refractivity contribution >= 4 is 33.2 Å². The van der Waals surface area contributed by atoms with E-state index in [0.29, 0.717) is 17.6 Å². The van der Waals surface area contributed by atoms with Gasteiger partial charge in [0.25, 0.3) is 5.91 Å². The van der Waals surface area contributed by atoms with Crippen LogP contribution in [0.25, 0.3) is 0 Å². The van der Waals surface area contributed by atoms with Crippen LogP contribution < -0.4 is 10.1 Å². The van der Waals surface area contributed by atoms with Crippen molar-refractivity contribution in [2.75, 3.05) is 33.3 Å². The zero-order valence-electron chi connectivity index (χ0n) is 11.0. The molecule has 3 heterocycles. The molecule has 2 saturated heterocycles. The van der Waals surface area contributed by atoms with Crippen LogP contribution >= 0.6 is 27.3 Å². The number of methoxy groups -OCH3 is 1. The van der Waals surface area contributed by atoms with Crippen LogP contribution in [0.3, 0.4) is 0 Å². The number of fused-ring (bicyclic) bond motifs is 1. The van der Waals surface area contributed by atoms with Gasteiger partial charge < -0.3 is 15.0 Å². The molecule has 0 unspecified atom stereocenters. The average molecular weight is 345 g/mol. The lowest BCUT2D eigenvalue weighted by Gasteiger charge is -2.17. The highest BCUT2D eigenvalue weighted by atomic mass is 79.9. The lowest BCUT2D eigenvalue weighted by Crippen LogP contribution is -2.31. The molecule has 0 bridgehead atoms. The van der Waals surface area contributed by atoms with Crippen molar-refractivity contribution in [3.05, 3.63) is 14.2 Å².